The minimum absolute atomic E-state index is 0.00678. The lowest BCUT2D eigenvalue weighted by molar-refractivity contribution is -0.149. The molecule has 0 aliphatic heterocycles. The fourth-order valence-corrected chi connectivity index (χ4v) is 10.0. The Morgan fingerprint density at radius 3 is 1.13 bits per heavy atom. The monoisotopic (exact) mass is 1450 g/mol. The van der Waals surface area contributed by atoms with E-state index in [1.165, 1.54) is 6.42 Å². The number of ketones is 5. The fourth-order valence-electron chi connectivity index (χ4n) is 10.0. The Hall–Kier alpha value is -8.55. The van der Waals surface area contributed by atoms with Gasteiger partial charge in [-0.2, -0.15) is 0 Å². The molecule has 0 unspecified atom stereocenters. The lowest BCUT2D eigenvalue weighted by Gasteiger charge is -2.21. The average Bonchev–Trinajstić information content (AvgIpc) is 0.881. The van der Waals surface area contributed by atoms with E-state index in [9.17, 15) is 71.9 Å². The van der Waals surface area contributed by atoms with Crippen LogP contribution in [0.3, 0.4) is 0 Å². The van der Waals surface area contributed by atoms with Crippen LogP contribution in [0, 0.1) is 71.0 Å². The van der Waals surface area contributed by atoms with Crippen molar-refractivity contribution in [3.8, 4) is 0 Å². The van der Waals surface area contributed by atoms with Crippen molar-refractivity contribution in [2.24, 2.45) is 71.0 Å². The van der Waals surface area contributed by atoms with E-state index >= 15 is 0 Å². The number of carbonyl (C=O) groups is 15. The average molecular weight is 1450 g/mol. The summed E-state index contributed by atoms with van der Waals surface area (Å²) in [5, 5.41) is 21.0. The highest BCUT2D eigenvalue weighted by atomic mass is 16.5. The molecule has 0 saturated heterocycles. The lowest BCUT2D eigenvalue weighted by Crippen LogP contribution is -2.43. The minimum atomic E-state index is -0.848. The zero-order chi connectivity index (χ0) is 78.5. The van der Waals surface area contributed by atoms with Crippen LogP contribution in [0.4, 0.5) is 11.4 Å². The highest BCUT2D eigenvalue weighted by molar-refractivity contribution is 5.99. The van der Waals surface area contributed by atoms with Gasteiger partial charge in [-0.25, -0.2) is 0 Å². The largest absolute Gasteiger partial charge is 0.461 e. The van der Waals surface area contributed by atoms with E-state index in [-0.39, 0.29) is 147 Å². The van der Waals surface area contributed by atoms with Gasteiger partial charge in [0.25, 0.3) is 0 Å². The van der Waals surface area contributed by atoms with Crippen LogP contribution in [0.1, 0.15) is 200 Å². The van der Waals surface area contributed by atoms with E-state index in [0.29, 0.717) is 86.4 Å². The van der Waals surface area contributed by atoms with Crippen molar-refractivity contribution in [3.63, 3.8) is 0 Å². The maximum absolute atomic E-state index is 12.9. The Labute approximate surface area is 610 Å². The molecule has 103 heavy (non-hydrogen) atoms. The van der Waals surface area contributed by atoms with Crippen LogP contribution >= 0.6 is 0 Å². The van der Waals surface area contributed by atoms with Gasteiger partial charge in [-0.15, -0.1) is 0 Å². The van der Waals surface area contributed by atoms with E-state index in [1.54, 1.807) is 118 Å². The molecule has 0 aromatic heterocycles. The van der Waals surface area contributed by atoms with Gasteiger partial charge in [-0.1, -0.05) is 141 Å². The van der Waals surface area contributed by atoms with Gasteiger partial charge in [0.15, 0.2) is 17.3 Å². The van der Waals surface area contributed by atoms with Crippen LogP contribution in [0.2, 0.25) is 0 Å². The first-order chi connectivity index (χ1) is 48.4. The van der Waals surface area contributed by atoms with Crippen molar-refractivity contribution in [2.75, 3.05) is 43.5 Å². The van der Waals surface area contributed by atoms with E-state index < -0.39 is 53.7 Å². The number of Topliss-reactive ketones (excluding diaryl/α,β-unsaturated/α-hetero) is 5. The van der Waals surface area contributed by atoms with Gasteiger partial charge in [-0.05, 0) is 99.6 Å². The van der Waals surface area contributed by atoms with Crippen molar-refractivity contribution in [3.05, 3.63) is 59.7 Å². The minimum Gasteiger partial charge on any atom is -0.461 e. The zero-order valence-corrected chi connectivity index (χ0v) is 64.4. The number of benzene rings is 2. The smallest absolute Gasteiger partial charge is 0.313 e. The van der Waals surface area contributed by atoms with Crippen molar-refractivity contribution < 1.29 is 86.1 Å². The van der Waals surface area contributed by atoms with Gasteiger partial charge >= 0.3 is 11.9 Å². The first-order valence-corrected chi connectivity index (χ1v) is 36.1. The summed E-state index contributed by atoms with van der Waals surface area (Å²) in [6.07, 6.45) is 6.21. The molecular weight excluding hydrogens is 1320 g/mol. The molecule has 0 saturated carbocycles. The summed E-state index contributed by atoms with van der Waals surface area (Å²) in [6, 6.07) is 11.1. The summed E-state index contributed by atoms with van der Waals surface area (Å²) < 4.78 is 15.9. The quantitative estimate of drug-likeness (QED) is 0.0133. The number of carbonyl (C=O) groups excluding carboxylic acids is 15. The lowest BCUT2D eigenvalue weighted by atomic mass is 9.89. The number of esters is 2. The first kappa shape index (κ1) is 94.5. The van der Waals surface area contributed by atoms with Crippen molar-refractivity contribution >= 4 is 101 Å². The Bertz CT molecular complexity index is 2990. The molecule has 578 valence electrons. The highest BCUT2D eigenvalue weighted by Gasteiger charge is 2.31. The number of ether oxygens (including phenoxy) is 3. The van der Waals surface area contributed by atoms with Crippen molar-refractivity contribution in [2.45, 2.75) is 220 Å². The molecule has 0 radical (unpaired) electrons. The zero-order valence-electron chi connectivity index (χ0n) is 64.4. The molecule has 9 atom stereocenters. The summed E-state index contributed by atoms with van der Waals surface area (Å²) in [5.41, 5.74) is 2.38. The fraction of sp³-hybridized carbons (Fsp3) is 0.649. The molecule has 2 rings (SSSR count). The Morgan fingerprint density at radius 2 is 0.767 bits per heavy atom. The Kier molecular flexibility index (Phi) is 48.1. The van der Waals surface area contributed by atoms with Crippen molar-refractivity contribution in [1.82, 2.24) is 31.9 Å². The summed E-state index contributed by atoms with van der Waals surface area (Å²) in [4.78, 5) is 180. The highest BCUT2D eigenvalue weighted by Crippen LogP contribution is 2.20. The molecule has 0 aliphatic carbocycles. The summed E-state index contributed by atoms with van der Waals surface area (Å²) in [5.74, 6) is -5.78. The molecule has 26 heteroatoms. The van der Waals surface area contributed by atoms with Gasteiger partial charge in [-0.3, -0.25) is 71.9 Å². The third-order valence-electron chi connectivity index (χ3n) is 16.6. The number of unbranched alkanes of at least 4 members (excludes halogenated alkanes) is 1. The first-order valence-electron chi connectivity index (χ1n) is 36.1. The van der Waals surface area contributed by atoms with Gasteiger partial charge < -0.3 is 56.7 Å². The van der Waals surface area contributed by atoms with Gasteiger partial charge in [0.2, 0.25) is 48.8 Å². The number of anilines is 2. The number of amides is 8. The predicted molar refractivity (Wildman–Crippen MR) is 394 cm³/mol. The Morgan fingerprint density at radius 1 is 0.388 bits per heavy atom. The number of nitrogens with one attached hydrogen (secondary N) is 8. The van der Waals surface area contributed by atoms with Crippen LogP contribution < -0.4 is 42.5 Å². The van der Waals surface area contributed by atoms with Crippen LogP contribution in [0.15, 0.2) is 48.5 Å². The molecule has 2 aromatic rings. The molecule has 8 N–H and O–H groups in total. The summed E-state index contributed by atoms with van der Waals surface area (Å²) >= 11 is 0. The van der Waals surface area contributed by atoms with Crippen LogP contribution in [-0.4, -0.2) is 141 Å². The maximum Gasteiger partial charge on any atom is 0.313 e. The van der Waals surface area contributed by atoms with Crippen molar-refractivity contribution in [1.29, 1.82) is 0 Å². The second-order valence-electron chi connectivity index (χ2n) is 28.8. The molecule has 2 aromatic carbocycles. The molecule has 26 nitrogen and oxygen atoms in total. The molecule has 0 bridgehead atoms. The molecule has 0 aliphatic rings. The third kappa shape index (κ3) is 42.6. The number of rotatable bonds is 50. The number of hydrogen-bond donors (Lipinski definition) is 8. The molecule has 0 fully saturated rings. The van der Waals surface area contributed by atoms with Crippen LogP contribution in [0.25, 0.3) is 0 Å². The topological polar surface area (TPSA) is 380 Å². The normalized spacial score (nSPS) is 13.6. The second kappa shape index (κ2) is 52.4. The van der Waals surface area contributed by atoms with Crippen LogP contribution in [-0.2, 0) is 99.3 Å². The summed E-state index contributed by atoms with van der Waals surface area (Å²) in [7, 11) is 0. The predicted octanol–water partition coefficient (Wildman–Crippen LogP) is 8.53. The van der Waals surface area contributed by atoms with Crippen LogP contribution in [0.5, 0.6) is 0 Å². The SMILES string of the molecule is CC(C)CCCCOCC[C@@H](C)C(=O)N[C@@H](C)C(=O)C[C@@H](CNC=O)C(=O)C(C)C.CC(C)C[C@@H](C)C(=O)N[C@@H](C)C(=O)C[C@@H](CNC=O)C(=O)Nc1ccc(COC(=O)C(C)C)cc1.CC(C)C[C@@H](C)C(=O)N[C@@H](C)C(=O)C[C@@H](CNC=O)C(=O)Nc1ccc(COC(=O)CC(=O)C(C)C)cc1. The molecule has 8 amide bonds. The van der Waals surface area contributed by atoms with E-state index in [0.717, 1.165) is 18.4 Å². The van der Waals surface area contributed by atoms with Gasteiger partial charge in [0.05, 0.1) is 35.9 Å². The number of hydrogen-bond acceptors (Lipinski definition) is 18. The standard InChI is InChI=1S/C28H41N3O7.C26H39N3O6.C23H42N2O5/c1-17(2)11-19(5)27(36)30-20(6)25(34)12-22(14-29-16-32)28(37)31-23-9-7-21(8-10-23)15-38-26(35)13-24(33)18(3)4;1-16(2)11-18(5)24(32)28-19(6)23(31)12-21(13-27-15-30)25(33)29-22-9-7-20(8-10-22)14-35-26(34)17(3)4;1-16(2)9-7-8-11-30-12-10-18(5)23(29)25-19(6)21(27)13-20(14-24-15-26)22(28)17(3)4/h7-10,16-20,22H,11-15H2,1-6H3,(H,29,32)(H,30,36)(H,31,37);7-10,15-19,21H,11-14H2,1-6H3,(H,27,30)(H,28,32)(H,29,33);15-20H,7-14H2,1-6H3,(H,24,26)(H,25,29)/t19-,20+,22+;18-,19+,21+;18-,19+,20+/m111/s1. The van der Waals surface area contributed by atoms with E-state index in [2.05, 4.69) is 56.4 Å². The summed E-state index contributed by atoms with van der Waals surface area (Å²) in [6.45, 7) is 34.6. The third-order valence-corrected chi connectivity index (χ3v) is 16.6. The Balaban J connectivity index is 0.00000153. The molecule has 0 spiro atoms. The second-order valence-corrected chi connectivity index (χ2v) is 28.8. The van der Waals surface area contributed by atoms with E-state index in [4.69, 9.17) is 14.2 Å². The van der Waals surface area contributed by atoms with E-state index in [1.807, 2.05) is 41.5 Å². The molecule has 0 heterocycles. The molecular formula is C77H122N8O18. The van der Waals surface area contributed by atoms with Gasteiger partial charge in [0.1, 0.15) is 31.2 Å². The van der Waals surface area contributed by atoms with Gasteiger partial charge in [0, 0.05) is 99.0 Å². The maximum atomic E-state index is 12.9.